The highest BCUT2D eigenvalue weighted by atomic mass is 16.5. The van der Waals surface area contributed by atoms with Gasteiger partial charge in [-0.15, -0.1) is 0 Å². The van der Waals surface area contributed by atoms with Crippen LogP contribution in [0.25, 0.3) is 0 Å². The fourth-order valence-corrected chi connectivity index (χ4v) is 2.21. The van der Waals surface area contributed by atoms with Gasteiger partial charge in [0.05, 0.1) is 32.1 Å². The standard InChI is InChI=1S/C19H22N2O5/c1-4-25-15-7-6-13(18(11-15)26-5-2)12-20-21-19(23)16-9-8-14(24-3)10-17(16)22/h6-12,22H,4-5H2,1-3H3,(H,21,23)/b20-12-. The minimum absolute atomic E-state index is 0.0969. The predicted octanol–water partition coefficient (Wildman–Crippen LogP) is 2.96. The molecule has 26 heavy (non-hydrogen) atoms. The van der Waals surface area contributed by atoms with Crippen LogP contribution in [-0.2, 0) is 0 Å². The van der Waals surface area contributed by atoms with Gasteiger partial charge in [-0.05, 0) is 38.1 Å². The lowest BCUT2D eigenvalue weighted by Crippen LogP contribution is -2.17. The van der Waals surface area contributed by atoms with Crippen molar-refractivity contribution in [1.29, 1.82) is 0 Å². The number of benzene rings is 2. The van der Waals surface area contributed by atoms with Crippen LogP contribution >= 0.6 is 0 Å². The van der Waals surface area contributed by atoms with E-state index in [0.717, 1.165) is 0 Å². The molecule has 0 saturated heterocycles. The molecule has 0 atom stereocenters. The molecule has 1 amide bonds. The molecule has 0 aliphatic carbocycles. The number of nitrogens with one attached hydrogen (secondary N) is 1. The van der Waals surface area contributed by atoms with Crippen molar-refractivity contribution >= 4 is 12.1 Å². The lowest BCUT2D eigenvalue weighted by molar-refractivity contribution is 0.0952. The van der Waals surface area contributed by atoms with E-state index in [0.29, 0.717) is 36.0 Å². The van der Waals surface area contributed by atoms with Crippen molar-refractivity contribution in [2.24, 2.45) is 5.10 Å². The molecule has 0 heterocycles. The summed E-state index contributed by atoms with van der Waals surface area (Å²) in [6.45, 7) is 4.82. The van der Waals surface area contributed by atoms with Gasteiger partial charge in [0.1, 0.15) is 23.0 Å². The van der Waals surface area contributed by atoms with Crippen molar-refractivity contribution < 1.29 is 24.1 Å². The van der Waals surface area contributed by atoms with Crippen molar-refractivity contribution in [3.63, 3.8) is 0 Å². The van der Waals surface area contributed by atoms with Crippen LogP contribution in [-0.4, -0.2) is 37.6 Å². The average molecular weight is 358 g/mol. The van der Waals surface area contributed by atoms with E-state index < -0.39 is 5.91 Å². The van der Waals surface area contributed by atoms with Gasteiger partial charge < -0.3 is 19.3 Å². The van der Waals surface area contributed by atoms with Crippen molar-refractivity contribution in [2.45, 2.75) is 13.8 Å². The van der Waals surface area contributed by atoms with E-state index in [1.165, 1.54) is 25.5 Å². The summed E-state index contributed by atoms with van der Waals surface area (Å²) >= 11 is 0. The van der Waals surface area contributed by atoms with Crippen LogP contribution in [0.1, 0.15) is 29.8 Å². The molecule has 0 aromatic heterocycles. The maximum atomic E-state index is 12.1. The summed E-state index contributed by atoms with van der Waals surface area (Å²) < 4.78 is 16.0. The van der Waals surface area contributed by atoms with Gasteiger partial charge in [-0.2, -0.15) is 5.10 Å². The smallest absolute Gasteiger partial charge is 0.275 e. The molecule has 2 aromatic carbocycles. The van der Waals surface area contributed by atoms with E-state index in [1.807, 2.05) is 13.8 Å². The minimum Gasteiger partial charge on any atom is -0.507 e. The van der Waals surface area contributed by atoms with E-state index in [-0.39, 0.29) is 11.3 Å². The normalized spacial score (nSPS) is 10.6. The van der Waals surface area contributed by atoms with Crippen molar-refractivity contribution in [2.75, 3.05) is 20.3 Å². The topological polar surface area (TPSA) is 89.4 Å². The zero-order valence-electron chi connectivity index (χ0n) is 15.0. The van der Waals surface area contributed by atoms with Gasteiger partial charge in [-0.3, -0.25) is 4.79 Å². The number of methoxy groups -OCH3 is 1. The van der Waals surface area contributed by atoms with Gasteiger partial charge in [-0.25, -0.2) is 5.43 Å². The Labute approximate surface area is 152 Å². The molecule has 0 aliphatic rings. The summed E-state index contributed by atoms with van der Waals surface area (Å²) in [5.41, 5.74) is 3.16. The quantitative estimate of drug-likeness (QED) is 0.559. The molecule has 0 aliphatic heterocycles. The Morgan fingerprint density at radius 2 is 1.85 bits per heavy atom. The predicted molar refractivity (Wildman–Crippen MR) is 98.5 cm³/mol. The Balaban J connectivity index is 2.11. The third-order valence-corrected chi connectivity index (χ3v) is 3.42. The van der Waals surface area contributed by atoms with E-state index in [2.05, 4.69) is 10.5 Å². The summed E-state index contributed by atoms with van der Waals surface area (Å²) in [7, 11) is 1.48. The summed E-state index contributed by atoms with van der Waals surface area (Å²) in [4.78, 5) is 12.1. The van der Waals surface area contributed by atoms with Crippen LogP contribution in [0.2, 0.25) is 0 Å². The molecule has 0 fully saturated rings. The largest absolute Gasteiger partial charge is 0.507 e. The van der Waals surface area contributed by atoms with Gasteiger partial charge in [0.15, 0.2) is 0 Å². The number of phenols is 1. The summed E-state index contributed by atoms with van der Waals surface area (Å²) in [5, 5.41) is 13.8. The molecule has 0 saturated carbocycles. The van der Waals surface area contributed by atoms with Gasteiger partial charge in [0.25, 0.3) is 5.91 Å². The Morgan fingerprint density at radius 3 is 2.50 bits per heavy atom. The van der Waals surface area contributed by atoms with Gasteiger partial charge in [-0.1, -0.05) is 0 Å². The molecule has 2 aromatic rings. The lowest BCUT2D eigenvalue weighted by atomic mass is 10.2. The Kier molecular flexibility index (Phi) is 6.84. The number of ether oxygens (including phenoxy) is 3. The number of phenolic OH excluding ortho intramolecular Hbond substituents is 1. The number of carbonyl (C=O) groups excluding carboxylic acids is 1. The first kappa shape index (κ1) is 19.1. The van der Waals surface area contributed by atoms with Crippen LogP contribution in [0, 0.1) is 0 Å². The summed E-state index contributed by atoms with van der Waals surface area (Å²) in [5.74, 6) is 1.03. The molecule has 7 heteroatoms. The lowest BCUT2D eigenvalue weighted by Gasteiger charge is -2.10. The van der Waals surface area contributed by atoms with E-state index in [1.54, 1.807) is 24.3 Å². The maximum Gasteiger partial charge on any atom is 0.275 e. The average Bonchev–Trinajstić information content (AvgIpc) is 2.63. The number of rotatable bonds is 8. The van der Waals surface area contributed by atoms with Crippen LogP contribution in [0.5, 0.6) is 23.0 Å². The molecule has 2 N–H and O–H groups in total. The highest BCUT2D eigenvalue weighted by molar-refractivity contribution is 5.97. The monoisotopic (exact) mass is 358 g/mol. The first-order chi connectivity index (χ1) is 12.6. The fourth-order valence-electron chi connectivity index (χ4n) is 2.21. The highest BCUT2D eigenvalue weighted by Crippen LogP contribution is 2.24. The third kappa shape index (κ3) is 4.89. The second-order valence-electron chi connectivity index (χ2n) is 5.15. The van der Waals surface area contributed by atoms with E-state index >= 15 is 0 Å². The van der Waals surface area contributed by atoms with Gasteiger partial charge in [0.2, 0.25) is 0 Å². The number of hydrazone groups is 1. The molecule has 7 nitrogen and oxygen atoms in total. The van der Waals surface area contributed by atoms with Crippen LogP contribution in [0.4, 0.5) is 0 Å². The summed E-state index contributed by atoms with van der Waals surface area (Å²) in [6.07, 6.45) is 1.47. The van der Waals surface area contributed by atoms with Gasteiger partial charge in [0, 0.05) is 17.7 Å². The van der Waals surface area contributed by atoms with Crippen molar-refractivity contribution in [3.8, 4) is 23.0 Å². The molecular formula is C19H22N2O5. The zero-order chi connectivity index (χ0) is 18.9. The number of hydrogen-bond donors (Lipinski definition) is 2. The summed E-state index contributed by atoms with van der Waals surface area (Å²) in [6, 6.07) is 9.75. The maximum absolute atomic E-state index is 12.1. The van der Waals surface area contributed by atoms with Crippen molar-refractivity contribution in [3.05, 3.63) is 47.5 Å². The minimum atomic E-state index is -0.537. The Morgan fingerprint density at radius 1 is 1.12 bits per heavy atom. The van der Waals surface area contributed by atoms with E-state index in [9.17, 15) is 9.90 Å². The SMILES string of the molecule is CCOc1ccc(/C=N\NC(=O)c2ccc(OC)cc2O)c(OCC)c1. The molecule has 2 rings (SSSR count). The Bertz CT molecular complexity index is 789. The first-order valence-electron chi connectivity index (χ1n) is 8.19. The molecule has 0 spiro atoms. The molecule has 138 valence electrons. The van der Waals surface area contributed by atoms with E-state index in [4.69, 9.17) is 14.2 Å². The number of nitrogens with zero attached hydrogens (tertiary/aromatic N) is 1. The molecule has 0 unspecified atom stereocenters. The fraction of sp³-hybridized carbons (Fsp3) is 0.263. The number of amides is 1. The Hall–Kier alpha value is -3.22. The van der Waals surface area contributed by atoms with Gasteiger partial charge >= 0.3 is 0 Å². The molecule has 0 radical (unpaired) electrons. The van der Waals surface area contributed by atoms with Crippen molar-refractivity contribution in [1.82, 2.24) is 5.43 Å². The second-order valence-corrected chi connectivity index (χ2v) is 5.15. The molecular weight excluding hydrogens is 336 g/mol. The number of carbonyl (C=O) groups is 1. The first-order valence-corrected chi connectivity index (χ1v) is 8.19. The van der Waals surface area contributed by atoms with Crippen LogP contribution < -0.4 is 19.6 Å². The van der Waals surface area contributed by atoms with Crippen LogP contribution in [0.15, 0.2) is 41.5 Å². The highest BCUT2D eigenvalue weighted by Gasteiger charge is 2.11. The number of hydrogen-bond acceptors (Lipinski definition) is 6. The third-order valence-electron chi connectivity index (χ3n) is 3.42. The second kappa shape index (κ2) is 9.31. The number of aromatic hydroxyl groups is 1. The van der Waals surface area contributed by atoms with Crippen LogP contribution in [0.3, 0.4) is 0 Å². The molecule has 0 bridgehead atoms. The zero-order valence-corrected chi connectivity index (χ0v) is 15.0.